The Balaban J connectivity index is 3.75. The highest BCUT2D eigenvalue weighted by molar-refractivity contribution is 8.08. The SMILES string of the molecule is [B]S(=O)(=O)OC(C)C. The van der Waals surface area contributed by atoms with Crippen molar-refractivity contribution < 1.29 is 12.6 Å². The normalized spacial score (nSPS) is 12.4. The average molecular weight is 134 g/mol. The van der Waals surface area contributed by atoms with Crippen molar-refractivity contribution in [2.75, 3.05) is 0 Å². The van der Waals surface area contributed by atoms with Crippen LogP contribution in [0.1, 0.15) is 13.8 Å². The largest absolute Gasteiger partial charge is 0.295 e. The van der Waals surface area contributed by atoms with Crippen molar-refractivity contribution in [2.24, 2.45) is 0 Å². The summed E-state index contributed by atoms with van der Waals surface area (Å²) in [5.41, 5.74) is 0. The quantitative estimate of drug-likeness (QED) is 0.492. The lowest BCUT2D eigenvalue weighted by molar-refractivity contribution is 0.257. The summed E-state index contributed by atoms with van der Waals surface area (Å²) < 4.78 is 24.2. The fourth-order valence-corrected chi connectivity index (χ4v) is 0.805. The van der Waals surface area contributed by atoms with E-state index < -0.39 is 9.97 Å². The first-order valence-corrected chi connectivity index (χ1v) is 3.60. The molecule has 0 aliphatic rings. The molecule has 0 saturated heterocycles. The second-order valence-electron chi connectivity index (χ2n) is 1.64. The molecule has 0 aromatic carbocycles. The molecule has 0 bridgehead atoms. The monoisotopic (exact) mass is 134 g/mol. The van der Waals surface area contributed by atoms with Gasteiger partial charge in [0.15, 0.2) is 0 Å². The maximum Gasteiger partial charge on any atom is 0.295 e. The third-order valence-electron chi connectivity index (χ3n) is 0.327. The summed E-state index contributed by atoms with van der Waals surface area (Å²) in [6, 6.07) is 0. The van der Waals surface area contributed by atoms with Gasteiger partial charge in [0.1, 0.15) is 0 Å². The van der Waals surface area contributed by atoms with Gasteiger partial charge in [-0.2, -0.15) is 0 Å². The van der Waals surface area contributed by atoms with Gasteiger partial charge in [-0.05, 0) is 13.8 Å². The maximum atomic E-state index is 10.00. The molecule has 0 saturated carbocycles. The predicted molar refractivity (Wildman–Crippen MR) is 30.9 cm³/mol. The number of rotatable bonds is 2. The highest BCUT2D eigenvalue weighted by Gasteiger charge is 2.02. The van der Waals surface area contributed by atoms with E-state index in [-0.39, 0.29) is 6.10 Å². The van der Waals surface area contributed by atoms with E-state index in [2.05, 4.69) is 11.3 Å². The van der Waals surface area contributed by atoms with Gasteiger partial charge in [0, 0.05) is 0 Å². The molecule has 0 rings (SSSR count). The molecular weight excluding hydrogens is 127 g/mol. The molecular formula is C3H7BO3S. The smallest absolute Gasteiger partial charge is 0.278 e. The molecule has 0 atom stereocenters. The summed E-state index contributed by atoms with van der Waals surface area (Å²) in [6.45, 7) is 3.18. The van der Waals surface area contributed by atoms with Crippen molar-refractivity contribution in [1.29, 1.82) is 0 Å². The summed E-state index contributed by atoms with van der Waals surface area (Å²) in [6.07, 6.45) is -0.370. The number of hydrogen-bond donors (Lipinski definition) is 0. The minimum Gasteiger partial charge on any atom is -0.278 e. The molecule has 0 N–H and O–H groups in total. The second kappa shape index (κ2) is 2.50. The van der Waals surface area contributed by atoms with E-state index in [1.54, 1.807) is 13.8 Å². The summed E-state index contributed by atoms with van der Waals surface area (Å²) in [4.78, 5) is 0. The maximum absolute atomic E-state index is 10.00. The third kappa shape index (κ3) is 5.97. The summed E-state index contributed by atoms with van der Waals surface area (Å²) in [5.74, 6) is 0. The minimum atomic E-state index is -3.72. The van der Waals surface area contributed by atoms with Crippen molar-refractivity contribution in [1.82, 2.24) is 0 Å². The standard InChI is InChI=1S/C3H7BO3S/c1-3(2)7-8(4,5)6/h3H,1-2H3. The van der Waals surface area contributed by atoms with Crippen molar-refractivity contribution in [2.45, 2.75) is 20.0 Å². The molecule has 0 unspecified atom stereocenters. The fourth-order valence-electron chi connectivity index (χ4n) is 0.268. The van der Waals surface area contributed by atoms with Gasteiger partial charge < -0.3 is 0 Å². The van der Waals surface area contributed by atoms with Crippen LogP contribution < -0.4 is 0 Å². The molecule has 8 heavy (non-hydrogen) atoms. The van der Waals surface area contributed by atoms with Crippen LogP contribution >= 0.6 is 0 Å². The van der Waals surface area contributed by atoms with E-state index in [9.17, 15) is 8.42 Å². The summed E-state index contributed by atoms with van der Waals surface area (Å²) >= 11 is 0. The van der Waals surface area contributed by atoms with Crippen LogP contribution in [-0.2, 0) is 14.2 Å². The lowest BCUT2D eigenvalue weighted by atomic mass is 10.5. The van der Waals surface area contributed by atoms with E-state index in [0.717, 1.165) is 0 Å². The zero-order valence-electron chi connectivity index (χ0n) is 4.79. The first-order valence-electron chi connectivity index (χ1n) is 2.13. The molecule has 0 aromatic heterocycles. The van der Waals surface area contributed by atoms with Crippen molar-refractivity contribution in [3.05, 3.63) is 0 Å². The molecule has 0 spiro atoms. The molecule has 0 heterocycles. The lowest BCUT2D eigenvalue weighted by Gasteiger charge is -2.02. The van der Waals surface area contributed by atoms with Crippen molar-refractivity contribution in [3.8, 4) is 0 Å². The van der Waals surface area contributed by atoms with Gasteiger partial charge in [-0.3, -0.25) is 4.18 Å². The molecule has 0 aromatic rings. The average Bonchev–Trinajstić information content (AvgIpc) is 1.21. The Morgan fingerprint density at radius 2 is 1.88 bits per heavy atom. The lowest BCUT2D eigenvalue weighted by Crippen LogP contribution is -2.10. The zero-order chi connectivity index (χ0) is 6.78. The van der Waals surface area contributed by atoms with Gasteiger partial charge >= 0.3 is 0 Å². The second-order valence-corrected chi connectivity index (χ2v) is 2.82. The van der Waals surface area contributed by atoms with Crippen LogP contribution in [0.5, 0.6) is 0 Å². The molecule has 0 fully saturated rings. The molecule has 0 aliphatic heterocycles. The van der Waals surface area contributed by atoms with Gasteiger partial charge in [0.25, 0.3) is 7.12 Å². The Morgan fingerprint density at radius 1 is 1.50 bits per heavy atom. The van der Waals surface area contributed by atoms with Crippen LogP contribution in [0.4, 0.5) is 0 Å². The van der Waals surface area contributed by atoms with Crippen LogP contribution in [0.3, 0.4) is 0 Å². The predicted octanol–water partition coefficient (Wildman–Crippen LogP) is -0.175. The Kier molecular flexibility index (Phi) is 2.49. The van der Waals surface area contributed by atoms with Crippen LogP contribution in [0.25, 0.3) is 0 Å². The van der Waals surface area contributed by atoms with Crippen LogP contribution in [-0.4, -0.2) is 21.6 Å². The van der Waals surface area contributed by atoms with Crippen molar-refractivity contribution >= 4 is 17.1 Å². The molecule has 0 aliphatic carbocycles. The van der Waals surface area contributed by atoms with Crippen LogP contribution in [0, 0.1) is 0 Å². The van der Waals surface area contributed by atoms with E-state index in [1.165, 1.54) is 0 Å². The summed E-state index contributed by atoms with van der Waals surface area (Å²) in [5, 5.41) is 0. The topological polar surface area (TPSA) is 43.4 Å². The van der Waals surface area contributed by atoms with E-state index in [4.69, 9.17) is 0 Å². The van der Waals surface area contributed by atoms with E-state index >= 15 is 0 Å². The molecule has 0 amide bonds. The fraction of sp³-hybridized carbons (Fsp3) is 1.00. The van der Waals surface area contributed by atoms with Gasteiger partial charge in [0.2, 0.25) is 9.97 Å². The van der Waals surface area contributed by atoms with Gasteiger partial charge in [-0.1, -0.05) is 0 Å². The zero-order valence-corrected chi connectivity index (χ0v) is 5.60. The van der Waals surface area contributed by atoms with E-state index in [0.29, 0.717) is 0 Å². The molecule has 3 nitrogen and oxygen atoms in total. The van der Waals surface area contributed by atoms with Crippen LogP contribution in [0.15, 0.2) is 0 Å². The van der Waals surface area contributed by atoms with Gasteiger partial charge in [0.05, 0.1) is 6.10 Å². The van der Waals surface area contributed by atoms with E-state index in [1.807, 2.05) is 0 Å². The Hall–Kier alpha value is -0.0251. The third-order valence-corrected chi connectivity index (χ3v) is 0.980. The Morgan fingerprint density at radius 3 is 1.88 bits per heavy atom. The Bertz CT molecular complexity index is 148. The number of hydrogen-bond acceptors (Lipinski definition) is 3. The van der Waals surface area contributed by atoms with Crippen molar-refractivity contribution in [3.63, 3.8) is 0 Å². The van der Waals surface area contributed by atoms with Gasteiger partial charge in [-0.25, -0.2) is 8.42 Å². The highest BCUT2D eigenvalue weighted by Crippen LogP contribution is 1.92. The van der Waals surface area contributed by atoms with Gasteiger partial charge in [-0.15, -0.1) is 0 Å². The summed E-state index contributed by atoms with van der Waals surface area (Å²) in [7, 11) is 0.763. The molecule has 5 heteroatoms. The molecule has 2 radical (unpaired) electrons. The molecule has 46 valence electrons. The Labute approximate surface area is 50.5 Å². The minimum absolute atomic E-state index is 0.370. The van der Waals surface area contributed by atoms with Crippen LogP contribution in [0.2, 0.25) is 0 Å². The first kappa shape index (κ1) is 7.97. The first-order chi connectivity index (χ1) is 3.42. The highest BCUT2D eigenvalue weighted by atomic mass is 32.2.